The lowest BCUT2D eigenvalue weighted by Crippen LogP contribution is -2.40. The monoisotopic (exact) mass is 256 g/mol. The van der Waals surface area contributed by atoms with Crippen molar-refractivity contribution >= 4 is 22.1 Å². The molecule has 0 saturated carbocycles. The Bertz CT molecular complexity index is 504. The molecular formula is C11H16N2O3S. The number of hydrogen-bond donors (Lipinski definition) is 2. The quantitative estimate of drug-likeness (QED) is 0.798. The van der Waals surface area contributed by atoms with Crippen molar-refractivity contribution in [1.29, 1.82) is 0 Å². The Balaban J connectivity index is 3.19. The zero-order valence-corrected chi connectivity index (χ0v) is 10.8. The third-order valence-corrected chi connectivity index (χ3v) is 3.65. The van der Waals surface area contributed by atoms with E-state index < -0.39 is 15.6 Å². The van der Waals surface area contributed by atoms with Gasteiger partial charge >= 0.3 is 0 Å². The normalized spacial score (nSPS) is 12.2. The zero-order valence-electron chi connectivity index (χ0n) is 10.0. The first-order valence-corrected chi connectivity index (χ1v) is 6.58. The topological polar surface area (TPSA) is 75.3 Å². The molecule has 0 heterocycles. The number of carbonyl (C=O) groups is 1. The van der Waals surface area contributed by atoms with Gasteiger partial charge in [-0.2, -0.15) is 0 Å². The van der Waals surface area contributed by atoms with Gasteiger partial charge in [-0.05, 0) is 32.9 Å². The van der Waals surface area contributed by atoms with E-state index in [2.05, 4.69) is 10.0 Å². The van der Waals surface area contributed by atoms with Gasteiger partial charge < -0.3 is 5.32 Å². The summed E-state index contributed by atoms with van der Waals surface area (Å²) in [6.07, 6.45) is 0.450. The molecule has 0 saturated heterocycles. The first-order valence-electron chi connectivity index (χ1n) is 5.09. The fourth-order valence-corrected chi connectivity index (χ4v) is 2.93. The van der Waals surface area contributed by atoms with Gasteiger partial charge in [-0.1, -0.05) is 12.1 Å². The van der Waals surface area contributed by atoms with Crippen molar-refractivity contribution in [2.45, 2.75) is 31.2 Å². The van der Waals surface area contributed by atoms with Crippen molar-refractivity contribution in [3.8, 4) is 0 Å². The van der Waals surface area contributed by atoms with Crippen LogP contribution in [-0.2, 0) is 14.8 Å². The minimum absolute atomic E-state index is 0.0574. The van der Waals surface area contributed by atoms with E-state index in [-0.39, 0.29) is 10.6 Å². The SMILES string of the molecule is CC(C)(C)NS(=O)(=O)c1ccccc1NC=O. The number of benzene rings is 1. The van der Waals surface area contributed by atoms with Crippen LogP contribution < -0.4 is 10.0 Å². The molecule has 6 heteroatoms. The summed E-state index contributed by atoms with van der Waals surface area (Å²) < 4.78 is 26.7. The molecule has 0 unspecified atom stereocenters. The number of sulfonamides is 1. The van der Waals surface area contributed by atoms with Crippen LogP contribution in [-0.4, -0.2) is 20.4 Å². The van der Waals surface area contributed by atoms with Crippen molar-refractivity contribution in [2.75, 3.05) is 5.32 Å². The largest absolute Gasteiger partial charge is 0.328 e. The van der Waals surface area contributed by atoms with Crippen LogP contribution in [0.1, 0.15) is 20.8 Å². The average molecular weight is 256 g/mol. The molecule has 0 aliphatic rings. The van der Waals surface area contributed by atoms with Crippen LogP contribution in [0.4, 0.5) is 5.69 Å². The second-order valence-corrected chi connectivity index (χ2v) is 6.26. The van der Waals surface area contributed by atoms with Gasteiger partial charge in [-0.15, -0.1) is 0 Å². The summed E-state index contributed by atoms with van der Waals surface area (Å²) in [6, 6.07) is 6.24. The van der Waals surface area contributed by atoms with Gasteiger partial charge in [0.05, 0.1) is 5.69 Å². The Kier molecular flexibility index (Phi) is 3.90. The summed E-state index contributed by atoms with van der Waals surface area (Å²) >= 11 is 0. The fourth-order valence-electron chi connectivity index (χ4n) is 1.34. The molecule has 1 amide bonds. The van der Waals surface area contributed by atoms with Crippen LogP contribution in [0.3, 0.4) is 0 Å². The van der Waals surface area contributed by atoms with E-state index in [4.69, 9.17) is 0 Å². The number of amides is 1. The molecule has 0 aliphatic heterocycles. The summed E-state index contributed by atoms with van der Waals surface area (Å²) in [5.74, 6) is 0. The lowest BCUT2D eigenvalue weighted by molar-refractivity contribution is -0.105. The summed E-state index contributed by atoms with van der Waals surface area (Å²) in [5, 5.41) is 2.37. The standard InChI is InChI=1S/C11H16N2O3S/c1-11(2,3)13-17(15,16)10-7-5-4-6-9(10)12-8-14/h4-8,13H,1-3H3,(H,12,14). The van der Waals surface area contributed by atoms with Crippen LogP contribution in [0.25, 0.3) is 0 Å². The van der Waals surface area contributed by atoms with Crippen LogP contribution in [0, 0.1) is 0 Å². The number of hydrogen-bond acceptors (Lipinski definition) is 3. The molecule has 17 heavy (non-hydrogen) atoms. The van der Waals surface area contributed by atoms with Crippen molar-refractivity contribution in [2.24, 2.45) is 0 Å². The molecule has 0 spiro atoms. The number of rotatable bonds is 4. The highest BCUT2D eigenvalue weighted by molar-refractivity contribution is 7.89. The third kappa shape index (κ3) is 3.83. The van der Waals surface area contributed by atoms with Gasteiger partial charge in [0, 0.05) is 5.54 Å². The molecule has 5 nitrogen and oxygen atoms in total. The molecule has 2 N–H and O–H groups in total. The lowest BCUT2D eigenvalue weighted by Gasteiger charge is -2.21. The molecule has 0 aliphatic carbocycles. The van der Waals surface area contributed by atoms with Crippen molar-refractivity contribution in [1.82, 2.24) is 4.72 Å². The van der Waals surface area contributed by atoms with E-state index in [1.54, 1.807) is 32.9 Å². The Morgan fingerprint density at radius 2 is 1.76 bits per heavy atom. The second-order valence-electron chi connectivity index (χ2n) is 4.61. The zero-order chi connectivity index (χ0) is 13.1. The van der Waals surface area contributed by atoms with E-state index in [1.165, 1.54) is 12.1 Å². The van der Waals surface area contributed by atoms with Gasteiger partial charge in [0.1, 0.15) is 4.90 Å². The minimum Gasteiger partial charge on any atom is -0.328 e. The van der Waals surface area contributed by atoms with Crippen molar-refractivity contribution < 1.29 is 13.2 Å². The maximum absolute atomic E-state index is 12.1. The van der Waals surface area contributed by atoms with Crippen LogP contribution in [0.15, 0.2) is 29.2 Å². The second kappa shape index (κ2) is 4.85. The molecule has 0 fully saturated rings. The van der Waals surface area contributed by atoms with Crippen LogP contribution in [0.5, 0.6) is 0 Å². The molecule has 0 atom stereocenters. The maximum atomic E-state index is 12.1. The first kappa shape index (κ1) is 13.7. The predicted octanol–water partition coefficient (Wildman–Crippen LogP) is 1.33. The molecular weight excluding hydrogens is 240 g/mol. The molecule has 0 aromatic heterocycles. The van der Waals surface area contributed by atoms with E-state index in [0.29, 0.717) is 6.41 Å². The van der Waals surface area contributed by atoms with Crippen LogP contribution in [0.2, 0.25) is 0 Å². The number of anilines is 1. The van der Waals surface area contributed by atoms with Gasteiger partial charge in [-0.3, -0.25) is 4.79 Å². The smallest absolute Gasteiger partial charge is 0.243 e. The van der Waals surface area contributed by atoms with Gasteiger partial charge in [0.15, 0.2) is 0 Å². The Labute approximate surface area is 101 Å². The highest BCUT2D eigenvalue weighted by Crippen LogP contribution is 2.21. The van der Waals surface area contributed by atoms with E-state index in [1.807, 2.05) is 0 Å². The minimum atomic E-state index is -3.64. The van der Waals surface area contributed by atoms with E-state index in [9.17, 15) is 13.2 Å². The average Bonchev–Trinajstić information content (AvgIpc) is 2.15. The summed E-state index contributed by atoms with van der Waals surface area (Å²) in [7, 11) is -3.64. The molecule has 0 bridgehead atoms. The summed E-state index contributed by atoms with van der Waals surface area (Å²) in [4.78, 5) is 10.5. The maximum Gasteiger partial charge on any atom is 0.243 e. The van der Waals surface area contributed by atoms with E-state index >= 15 is 0 Å². The highest BCUT2D eigenvalue weighted by atomic mass is 32.2. The third-order valence-electron chi connectivity index (χ3n) is 1.83. The van der Waals surface area contributed by atoms with Gasteiger partial charge in [0.25, 0.3) is 0 Å². The van der Waals surface area contributed by atoms with Crippen molar-refractivity contribution in [3.63, 3.8) is 0 Å². The first-order chi connectivity index (χ1) is 7.76. The number of para-hydroxylation sites is 1. The van der Waals surface area contributed by atoms with Gasteiger partial charge in [0.2, 0.25) is 16.4 Å². The Morgan fingerprint density at radius 1 is 1.18 bits per heavy atom. The molecule has 1 rings (SSSR count). The van der Waals surface area contributed by atoms with E-state index in [0.717, 1.165) is 0 Å². The number of nitrogens with one attached hydrogen (secondary N) is 2. The lowest BCUT2D eigenvalue weighted by atomic mass is 10.1. The fraction of sp³-hybridized carbons (Fsp3) is 0.364. The predicted molar refractivity (Wildman–Crippen MR) is 66.2 cm³/mol. The highest BCUT2D eigenvalue weighted by Gasteiger charge is 2.24. The molecule has 0 radical (unpaired) electrons. The summed E-state index contributed by atoms with van der Waals surface area (Å²) in [6.45, 7) is 5.25. The Morgan fingerprint density at radius 3 is 2.29 bits per heavy atom. The molecule has 94 valence electrons. The molecule has 1 aromatic rings. The van der Waals surface area contributed by atoms with Gasteiger partial charge in [-0.25, -0.2) is 13.1 Å². The summed E-state index contributed by atoms with van der Waals surface area (Å²) in [5.41, 5.74) is -0.313. The van der Waals surface area contributed by atoms with Crippen LogP contribution >= 0.6 is 0 Å². The van der Waals surface area contributed by atoms with Crippen molar-refractivity contribution in [3.05, 3.63) is 24.3 Å². The Hall–Kier alpha value is -1.40. The molecule has 1 aromatic carbocycles. The number of carbonyl (C=O) groups excluding carboxylic acids is 1.